The molecule has 0 bridgehead atoms. The van der Waals surface area contributed by atoms with Crippen molar-refractivity contribution in [3.63, 3.8) is 0 Å². The molecule has 1 aromatic rings. The Bertz CT molecular complexity index is 353. The zero-order chi connectivity index (χ0) is 12.7. The van der Waals surface area contributed by atoms with Crippen LogP contribution in [-0.2, 0) is 5.88 Å². The number of amides is 1. The average molecular weight is 272 g/mol. The molecule has 0 spiro atoms. The third-order valence-corrected chi connectivity index (χ3v) is 3.77. The summed E-state index contributed by atoms with van der Waals surface area (Å²) in [5, 5.41) is 2.98. The van der Waals surface area contributed by atoms with Gasteiger partial charge in [0.1, 0.15) is 0 Å². The zero-order valence-electron chi connectivity index (χ0n) is 10.2. The van der Waals surface area contributed by atoms with Gasteiger partial charge in [-0.3, -0.25) is 4.79 Å². The quantitative estimate of drug-likeness (QED) is 0.805. The van der Waals surface area contributed by atoms with Crippen LogP contribution < -0.4 is 5.32 Å². The van der Waals surface area contributed by atoms with Crippen molar-refractivity contribution >= 4 is 29.3 Å². The molecule has 0 fully saturated rings. The molecule has 4 heteroatoms. The number of rotatable bonds is 6. The molecule has 0 saturated carbocycles. The van der Waals surface area contributed by atoms with Gasteiger partial charge in [0.2, 0.25) is 0 Å². The van der Waals surface area contributed by atoms with Gasteiger partial charge >= 0.3 is 0 Å². The monoisotopic (exact) mass is 271 g/mol. The highest BCUT2D eigenvalue weighted by atomic mass is 35.5. The second kappa shape index (κ2) is 7.62. The van der Waals surface area contributed by atoms with Gasteiger partial charge in [0, 0.05) is 23.2 Å². The first kappa shape index (κ1) is 14.4. The Hall–Kier alpha value is -0.670. The van der Waals surface area contributed by atoms with E-state index in [9.17, 15) is 4.79 Å². The third-order valence-electron chi connectivity index (χ3n) is 2.32. The minimum absolute atomic E-state index is 0.0182. The SMILES string of the molecule is CCSCC(C)NC(=O)c1ccc(CCl)cc1. The summed E-state index contributed by atoms with van der Waals surface area (Å²) in [5.74, 6) is 2.48. The van der Waals surface area contributed by atoms with Crippen LogP contribution in [0.1, 0.15) is 29.8 Å². The first-order chi connectivity index (χ1) is 8.17. The van der Waals surface area contributed by atoms with Crippen molar-refractivity contribution in [3.8, 4) is 0 Å². The molecule has 0 saturated heterocycles. The van der Waals surface area contributed by atoms with Crippen molar-refractivity contribution in [2.24, 2.45) is 0 Å². The Kier molecular flexibility index (Phi) is 6.45. The third kappa shape index (κ3) is 5.00. The first-order valence-electron chi connectivity index (χ1n) is 5.71. The minimum Gasteiger partial charge on any atom is -0.349 e. The number of alkyl halides is 1. The van der Waals surface area contributed by atoms with Crippen molar-refractivity contribution < 1.29 is 4.79 Å². The molecule has 94 valence electrons. The minimum atomic E-state index is -0.0182. The fraction of sp³-hybridized carbons (Fsp3) is 0.462. The molecule has 1 atom stereocenters. The molecule has 1 unspecified atom stereocenters. The Morgan fingerprint density at radius 3 is 2.59 bits per heavy atom. The van der Waals surface area contributed by atoms with Crippen molar-refractivity contribution in [2.75, 3.05) is 11.5 Å². The first-order valence-corrected chi connectivity index (χ1v) is 7.39. The molecular formula is C13H18ClNOS. The van der Waals surface area contributed by atoms with Gasteiger partial charge in [0.05, 0.1) is 0 Å². The highest BCUT2D eigenvalue weighted by Gasteiger charge is 2.09. The number of carbonyl (C=O) groups is 1. The summed E-state index contributed by atoms with van der Waals surface area (Å²) < 4.78 is 0. The van der Waals surface area contributed by atoms with E-state index in [1.54, 1.807) is 0 Å². The van der Waals surface area contributed by atoms with E-state index < -0.39 is 0 Å². The summed E-state index contributed by atoms with van der Waals surface area (Å²) in [6, 6.07) is 7.58. The van der Waals surface area contributed by atoms with Gasteiger partial charge in [-0.15, -0.1) is 11.6 Å². The second-order valence-corrected chi connectivity index (χ2v) is 5.45. The van der Waals surface area contributed by atoms with Crippen molar-refractivity contribution in [2.45, 2.75) is 25.8 Å². The Labute approximate surface area is 112 Å². The highest BCUT2D eigenvalue weighted by Crippen LogP contribution is 2.08. The number of carbonyl (C=O) groups excluding carboxylic acids is 1. The van der Waals surface area contributed by atoms with E-state index in [1.165, 1.54) is 0 Å². The van der Waals surface area contributed by atoms with Gasteiger partial charge in [-0.25, -0.2) is 0 Å². The maximum Gasteiger partial charge on any atom is 0.251 e. The van der Waals surface area contributed by atoms with Crippen LogP contribution in [0.3, 0.4) is 0 Å². The van der Waals surface area contributed by atoms with Crippen molar-refractivity contribution in [1.29, 1.82) is 0 Å². The lowest BCUT2D eigenvalue weighted by molar-refractivity contribution is 0.0944. The summed E-state index contributed by atoms with van der Waals surface area (Å²) in [4.78, 5) is 11.9. The Morgan fingerprint density at radius 2 is 2.06 bits per heavy atom. The predicted octanol–water partition coefficient (Wildman–Crippen LogP) is 3.30. The van der Waals surface area contributed by atoms with E-state index in [4.69, 9.17) is 11.6 Å². The van der Waals surface area contributed by atoms with Gasteiger partial charge in [0.25, 0.3) is 5.91 Å². The van der Waals surface area contributed by atoms with E-state index in [2.05, 4.69) is 12.2 Å². The van der Waals surface area contributed by atoms with E-state index in [-0.39, 0.29) is 11.9 Å². The number of halogens is 1. The van der Waals surface area contributed by atoms with E-state index >= 15 is 0 Å². The predicted molar refractivity (Wildman–Crippen MR) is 75.9 cm³/mol. The maximum absolute atomic E-state index is 11.9. The van der Waals surface area contributed by atoms with Crippen LogP contribution in [0.2, 0.25) is 0 Å². The summed E-state index contributed by atoms with van der Waals surface area (Å²) in [6.07, 6.45) is 0. The normalized spacial score (nSPS) is 12.2. The van der Waals surface area contributed by atoms with E-state index in [0.717, 1.165) is 17.1 Å². The van der Waals surface area contributed by atoms with E-state index in [0.29, 0.717) is 11.4 Å². The molecule has 0 aromatic heterocycles. The van der Waals surface area contributed by atoms with Gasteiger partial charge < -0.3 is 5.32 Å². The second-order valence-electron chi connectivity index (χ2n) is 3.86. The standard InChI is InChI=1S/C13H18ClNOS/c1-3-17-9-10(2)15-13(16)12-6-4-11(8-14)5-7-12/h4-7,10H,3,8-9H2,1-2H3,(H,15,16). The van der Waals surface area contributed by atoms with Crippen LogP contribution in [0.5, 0.6) is 0 Å². The zero-order valence-corrected chi connectivity index (χ0v) is 11.8. The lowest BCUT2D eigenvalue weighted by Gasteiger charge is -2.13. The molecule has 0 radical (unpaired) electrons. The number of thioether (sulfide) groups is 1. The number of hydrogen-bond donors (Lipinski definition) is 1. The summed E-state index contributed by atoms with van der Waals surface area (Å²) in [5.41, 5.74) is 1.71. The van der Waals surface area contributed by atoms with Gasteiger partial charge in [0.15, 0.2) is 0 Å². The van der Waals surface area contributed by atoms with Gasteiger partial charge in [-0.1, -0.05) is 19.1 Å². The van der Waals surface area contributed by atoms with Crippen molar-refractivity contribution in [1.82, 2.24) is 5.32 Å². The molecule has 0 aliphatic carbocycles. The number of nitrogens with one attached hydrogen (secondary N) is 1. The van der Waals surface area contributed by atoms with Gasteiger partial charge in [-0.2, -0.15) is 11.8 Å². The Morgan fingerprint density at radius 1 is 1.41 bits per heavy atom. The van der Waals surface area contributed by atoms with Crippen LogP contribution >= 0.6 is 23.4 Å². The molecule has 1 N–H and O–H groups in total. The molecule has 1 aromatic carbocycles. The summed E-state index contributed by atoms with van der Waals surface area (Å²) >= 11 is 7.52. The van der Waals surface area contributed by atoms with Crippen LogP contribution in [-0.4, -0.2) is 23.5 Å². The molecule has 1 amide bonds. The fourth-order valence-electron chi connectivity index (χ4n) is 1.39. The molecular weight excluding hydrogens is 254 g/mol. The van der Waals surface area contributed by atoms with Gasteiger partial charge in [-0.05, 0) is 30.4 Å². The van der Waals surface area contributed by atoms with Crippen LogP contribution in [0, 0.1) is 0 Å². The smallest absolute Gasteiger partial charge is 0.251 e. The lowest BCUT2D eigenvalue weighted by Crippen LogP contribution is -2.34. The molecule has 0 heterocycles. The number of benzene rings is 1. The Balaban J connectivity index is 2.51. The average Bonchev–Trinajstić information content (AvgIpc) is 2.36. The molecule has 0 aliphatic heterocycles. The van der Waals surface area contributed by atoms with Crippen LogP contribution in [0.4, 0.5) is 0 Å². The summed E-state index contributed by atoms with van der Waals surface area (Å²) in [6.45, 7) is 4.14. The molecule has 17 heavy (non-hydrogen) atoms. The topological polar surface area (TPSA) is 29.1 Å². The fourth-order valence-corrected chi connectivity index (χ4v) is 2.24. The maximum atomic E-state index is 11.9. The van der Waals surface area contributed by atoms with Crippen LogP contribution in [0.15, 0.2) is 24.3 Å². The van der Waals surface area contributed by atoms with Crippen molar-refractivity contribution in [3.05, 3.63) is 35.4 Å². The summed E-state index contributed by atoms with van der Waals surface area (Å²) in [7, 11) is 0. The molecule has 2 nitrogen and oxygen atoms in total. The number of hydrogen-bond acceptors (Lipinski definition) is 2. The highest BCUT2D eigenvalue weighted by molar-refractivity contribution is 7.99. The molecule has 1 rings (SSSR count). The largest absolute Gasteiger partial charge is 0.349 e. The van der Waals surface area contributed by atoms with Crippen LogP contribution in [0.25, 0.3) is 0 Å². The van der Waals surface area contributed by atoms with E-state index in [1.807, 2.05) is 43.0 Å². The lowest BCUT2D eigenvalue weighted by atomic mass is 10.1. The molecule has 0 aliphatic rings.